The summed E-state index contributed by atoms with van der Waals surface area (Å²) in [5, 5.41) is 3.74. The molecule has 0 bridgehead atoms. The number of carbonyl (C=O) groups excluding carboxylic acids is 1. The average Bonchev–Trinajstić information content (AvgIpc) is 2.62. The predicted molar refractivity (Wildman–Crippen MR) is 64.4 cm³/mol. The van der Waals surface area contributed by atoms with E-state index >= 15 is 0 Å². The fourth-order valence-electron chi connectivity index (χ4n) is 1.84. The molecule has 0 unspecified atom stereocenters. The molecule has 0 radical (unpaired) electrons. The molecule has 16 heavy (non-hydrogen) atoms. The summed E-state index contributed by atoms with van der Waals surface area (Å²) in [5.41, 5.74) is 7.94. The summed E-state index contributed by atoms with van der Waals surface area (Å²) in [6, 6.07) is 7.77. The molecule has 2 aromatic rings. The van der Waals surface area contributed by atoms with Crippen LogP contribution in [0.2, 0.25) is 0 Å². The van der Waals surface area contributed by atoms with E-state index in [-0.39, 0.29) is 5.91 Å². The molecule has 0 aliphatic rings. The van der Waals surface area contributed by atoms with Gasteiger partial charge < -0.3 is 16.0 Å². The molecular weight excluding hydrogens is 202 g/mol. The number of H-pyrrole nitrogens is 1. The minimum Gasteiger partial charge on any atom is -0.358 e. The third-order valence-corrected chi connectivity index (χ3v) is 2.55. The van der Waals surface area contributed by atoms with Crippen LogP contribution in [0.3, 0.4) is 0 Å². The summed E-state index contributed by atoms with van der Waals surface area (Å²) < 4.78 is 0. The number of nitrogens with two attached hydrogens (primary N) is 1. The van der Waals surface area contributed by atoms with Gasteiger partial charge in [0, 0.05) is 29.7 Å². The number of fused-ring (bicyclic) bond motifs is 1. The number of aromatic amines is 1. The highest BCUT2D eigenvalue weighted by molar-refractivity contribution is 6.08. The maximum atomic E-state index is 11.9. The van der Waals surface area contributed by atoms with Crippen LogP contribution in [-0.2, 0) is 0 Å². The van der Waals surface area contributed by atoms with E-state index in [0.29, 0.717) is 18.7 Å². The summed E-state index contributed by atoms with van der Waals surface area (Å²) in [5.74, 6) is -0.0691. The van der Waals surface area contributed by atoms with Gasteiger partial charge in [-0.1, -0.05) is 18.2 Å². The quantitative estimate of drug-likeness (QED) is 0.722. The summed E-state index contributed by atoms with van der Waals surface area (Å²) >= 11 is 0. The lowest BCUT2D eigenvalue weighted by Gasteiger charge is -2.03. The summed E-state index contributed by atoms with van der Waals surface area (Å²) in [6.45, 7) is 2.85. The lowest BCUT2D eigenvalue weighted by molar-refractivity contribution is 0.0956. The number of hydrogen-bond acceptors (Lipinski definition) is 2. The highest BCUT2D eigenvalue weighted by Crippen LogP contribution is 2.21. The standard InChI is InChI=1S/C12H15N3O/c1-8-11(12(16)14-7-6-13)9-4-2-3-5-10(9)15-8/h2-5,15H,6-7,13H2,1H3,(H,14,16). The Balaban J connectivity index is 2.43. The van der Waals surface area contributed by atoms with Gasteiger partial charge in [0.1, 0.15) is 0 Å². The van der Waals surface area contributed by atoms with Crippen LogP contribution in [0.15, 0.2) is 24.3 Å². The van der Waals surface area contributed by atoms with Crippen LogP contribution in [0.25, 0.3) is 10.9 Å². The van der Waals surface area contributed by atoms with Gasteiger partial charge in [0.25, 0.3) is 5.91 Å². The first-order chi connectivity index (χ1) is 7.74. The van der Waals surface area contributed by atoms with E-state index in [2.05, 4.69) is 10.3 Å². The van der Waals surface area contributed by atoms with Gasteiger partial charge in [-0.3, -0.25) is 4.79 Å². The van der Waals surface area contributed by atoms with Crippen LogP contribution < -0.4 is 11.1 Å². The molecule has 1 amide bonds. The number of aromatic nitrogens is 1. The second kappa shape index (κ2) is 4.37. The molecule has 0 atom stereocenters. The Kier molecular flexibility index (Phi) is 2.92. The van der Waals surface area contributed by atoms with Gasteiger partial charge in [0.15, 0.2) is 0 Å². The van der Waals surface area contributed by atoms with Crippen molar-refractivity contribution in [2.45, 2.75) is 6.92 Å². The topological polar surface area (TPSA) is 70.9 Å². The molecule has 1 heterocycles. The molecule has 0 fully saturated rings. The third-order valence-electron chi connectivity index (χ3n) is 2.55. The SMILES string of the molecule is Cc1[nH]c2ccccc2c1C(=O)NCCN. The van der Waals surface area contributed by atoms with Crippen molar-refractivity contribution in [1.82, 2.24) is 10.3 Å². The summed E-state index contributed by atoms with van der Waals surface area (Å²) in [4.78, 5) is 15.1. The molecule has 0 aliphatic heterocycles. The number of hydrogen-bond donors (Lipinski definition) is 3. The molecular formula is C12H15N3O. The molecule has 1 aromatic carbocycles. The van der Waals surface area contributed by atoms with Gasteiger partial charge in [0.2, 0.25) is 0 Å². The summed E-state index contributed by atoms with van der Waals surface area (Å²) in [7, 11) is 0. The van der Waals surface area contributed by atoms with Crippen molar-refractivity contribution in [3.63, 3.8) is 0 Å². The van der Waals surface area contributed by atoms with Crippen molar-refractivity contribution in [1.29, 1.82) is 0 Å². The van der Waals surface area contributed by atoms with Crippen molar-refractivity contribution in [3.8, 4) is 0 Å². The largest absolute Gasteiger partial charge is 0.358 e. The first-order valence-electron chi connectivity index (χ1n) is 5.29. The molecule has 4 nitrogen and oxygen atoms in total. The van der Waals surface area contributed by atoms with Crippen molar-refractivity contribution in [3.05, 3.63) is 35.5 Å². The van der Waals surface area contributed by atoms with E-state index in [0.717, 1.165) is 16.6 Å². The van der Waals surface area contributed by atoms with Gasteiger partial charge >= 0.3 is 0 Å². The number of benzene rings is 1. The van der Waals surface area contributed by atoms with Crippen LogP contribution in [-0.4, -0.2) is 24.0 Å². The minimum atomic E-state index is -0.0691. The highest BCUT2D eigenvalue weighted by Gasteiger charge is 2.14. The van der Waals surface area contributed by atoms with Gasteiger partial charge in [-0.25, -0.2) is 0 Å². The van der Waals surface area contributed by atoms with Gasteiger partial charge in [-0.15, -0.1) is 0 Å². The zero-order chi connectivity index (χ0) is 11.5. The van der Waals surface area contributed by atoms with Crippen molar-refractivity contribution in [2.75, 3.05) is 13.1 Å². The minimum absolute atomic E-state index is 0.0691. The lowest BCUT2D eigenvalue weighted by Crippen LogP contribution is -2.29. The first kappa shape index (κ1) is 10.7. The maximum Gasteiger partial charge on any atom is 0.253 e. The van der Waals surface area contributed by atoms with Gasteiger partial charge in [0.05, 0.1) is 5.56 Å². The number of rotatable bonds is 3. The Morgan fingerprint density at radius 2 is 2.19 bits per heavy atom. The van der Waals surface area contributed by atoms with Crippen LogP contribution in [0.5, 0.6) is 0 Å². The number of para-hydroxylation sites is 1. The Morgan fingerprint density at radius 3 is 2.94 bits per heavy atom. The van der Waals surface area contributed by atoms with Crippen LogP contribution in [0.1, 0.15) is 16.1 Å². The molecule has 0 spiro atoms. The Hall–Kier alpha value is -1.81. The Morgan fingerprint density at radius 1 is 1.44 bits per heavy atom. The number of amides is 1. The smallest absolute Gasteiger partial charge is 0.253 e. The molecule has 4 N–H and O–H groups in total. The van der Waals surface area contributed by atoms with Crippen LogP contribution in [0, 0.1) is 6.92 Å². The average molecular weight is 217 g/mol. The predicted octanol–water partition coefficient (Wildman–Crippen LogP) is 1.16. The summed E-state index contributed by atoms with van der Waals surface area (Å²) in [6.07, 6.45) is 0. The fraction of sp³-hybridized carbons (Fsp3) is 0.250. The second-order valence-electron chi connectivity index (χ2n) is 3.72. The monoisotopic (exact) mass is 217 g/mol. The number of nitrogens with one attached hydrogen (secondary N) is 2. The fourth-order valence-corrected chi connectivity index (χ4v) is 1.84. The lowest BCUT2D eigenvalue weighted by atomic mass is 10.1. The molecule has 0 saturated heterocycles. The number of aryl methyl sites for hydroxylation is 1. The highest BCUT2D eigenvalue weighted by atomic mass is 16.1. The maximum absolute atomic E-state index is 11.9. The van der Waals surface area contributed by atoms with Crippen LogP contribution >= 0.6 is 0 Å². The molecule has 84 valence electrons. The van der Waals surface area contributed by atoms with E-state index in [1.54, 1.807) is 0 Å². The normalized spacial score (nSPS) is 10.6. The molecule has 0 saturated carbocycles. The van der Waals surface area contributed by atoms with E-state index in [9.17, 15) is 4.79 Å². The molecule has 0 aliphatic carbocycles. The third kappa shape index (κ3) is 1.79. The van der Waals surface area contributed by atoms with E-state index in [4.69, 9.17) is 5.73 Å². The van der Waals surface area contributed by atoms with Gasteiger partial charge in [-0.2, -0.15) is 0 Å². The van der Waals surface area contributed by atoms with E-state index in [1.807, 2.05) is 31.2 Å². The van der Waals surface area contributed by atoms with Crippen molar-refractivity contribution in [2.24, 2.45) is 5.73 Å². The zero-order valence-corrected chi connectivity index (χ0v) is 9.21. The van der Waals surface area contributed by atoms with Crippen molar-refractivity contribution >= 4 is 16.8 Å². The Labute approximate surface area is 93.8 Å². The number of carbonyl (C=O) groups is 1. The first-order valence-corrected chi connectivity index (χ1v) is 5.29. The van der Waals surface area contributed by atoms with Crippen LogP contribution in [0.4, 0.5) is 0 Å². The second-order valence-corrected chi connectivity index (χ2v) is 3.72. The van der Waals surface area contributed by atoms with E-state index < -0.39 is 0 Å². The molecule has 2 rings (SSSR count). The Bertz CT molecular complexity index is 516. The van der Waals surface area contributed by atoms with Gasteiger partial charge in [-0.05, 0) is 13.0 Å². The van der Waals surface area contributed by atoms with E-state index in [1.165, 1.54) is 0 Å². The van der Waals surface area contributed by atoms with Crippen molar-refractivity contribution < 1.29 is 4.79 Å². The molecule has 4 heteroatoms. The molecule has 1 aromatic heterocycles. The zero-order valence-electron chi connectivity index (χ0n) is 9.21.